The predicted octanol–water partition coefficient (Wildman–Crippen LogP) is 4.45. The van der Waals surface area contributed by atoms with Gasteiger partial charge in [0.25, 0.3) is 0 Å². The molecule has 0 spiro atoms. The van der Waals surface area contributed by atoms with Crippen LogP contribution in [0.5, 0.6) is 0 Å². The number of hydrogen-bond acceptors (Lipinski definition) is 16. The first kappa shape index (κ1) is 52.4. The van der Waals surface area contributed by atoms with Crippen LogP contribution in [0, 0.1) is 0 Å². The van der Waals surface area contributed by atoms with Crippen molar-refractivity contribution in [2.75, 3.05) is 47.8 Å². The molecule has 3 aliphatic rings. The summed E-state index contributed by atoms with van der Waals surface area (Å²) in [4.78, 5) is 0. The van der Waals surface area contributed by atoms with Crippen LogP contribution in [0.1, 0.15) is 62.1 Å². The Labute approximate surface area is 389 Å². The lowest BCUT2D eigenvalue weighted by Crippen LogP contribution is -2.67. The van der Waals surface area contributed by atoms with Gasteiger partial charge in [0.05, 0.1) is 39.6 Å². The average molecular weight is 929 g/mol. The van der Waals surface area contributed by atoms with E-state index in [1.165, 1.54) is 27.8 Å². The molecule has 0 saturated carbocycles. The molecule has 0 aliphatic carbocycles. The van der Waals surface area contributed by atoms with Gasteiger partial charge >= 0.3 is 0 Å². The monoisotopic (exact) mass is 928 g/mol. The quantitative estimate of drug-likeness (QED) is 0.0784. The fraction of sp³-hybridized carbons (Fsp3) is 0.640. The predicted molar refractivity (Wildman–Crippen MR) is 240 cm³/mol. The Morgan fingerprint density at radius 2 is 0.864 bits per heavy atom. The summed E-state index contributed by atoms with van der Waals surface area (Å²) >= 11 is 0. The van der Waals surface area contributed by atoms with E-state index in [9.17, 15) is 20.4 Å². The molecule has 0 amide bonds. The highest BCUT2D eigenvalue weighted by Gasteiger charge is 2.55. The minimum absolute atomic E-state index is 0.0327. The lowest BCUT2D eigenvalue weighted by molar-refractivity contribution is -0.383. The number of methoxy groups -OCH3 is 3. The second-order valence-corrected chi connectivity index (χ2v) is 17.0. The topological polar surface area (TPSA) is 192 Å². The van der Waals surface area contributed by atoms with Gasteiger partial charge in [-0.2, -0.15) is 0 Å². The van der Waals surface area contributed by atoms with Crippen LogP contribution in [0.4, 0.5) is 0 Å². The van der Waals surface area contributed by atoms with Gasteiger partial charge in [-0.25, -0.2) is 0 Å². The lowest BCUT2D eigenvalue weighted by Gasteiger charge is -2.49. The Kier molecular flexibility index (Phi) is 22.1. The number of benzene rings is 3. The number of rotatable bonds is 27. The van der Waals surface area contributed by atoms with Crippen LogP contribution in [0.15, 0.2) is 91.0 Å². The molecule has 6 rings (SSSR count). The van der Waals surface area contributed by atoms with Gasteiger partial charge in [-0.3, -0.25) is 0 Å². The summed E-state index contributed by atoms with van der Waals surface area (Å²) in [5.41, 5.74) is 2.78. The average Bonchev–Trinajstić information content (AvgIpc) is 3.33. The molecule has 3 aliphatic heterocycles. The van der Waals surface area contributed by atoms with Gasteiger partial charge in [-0.05, 0) is 23.1 Å². The summed E-state index contributed by atoms with van der Waals surface area (Å²) in [6.07, 6.45) is -11.2. The fourth-order valence-electron chi connectivity index (χ4n) is 8.58. The Morgan fingerprint density at radius 1 is 0.424 bits per heavy atom. The second kappa shape index (κ2) is 27.9. The lowest BCUT2D eigenvalue weighted by atomic mass is 9.95. The molecule has 3 saturated heterocycles. The summed E-state index contributed by atoms with van der Waals surface area (Å²) in [5, 5.41) is 46.6. The van der Waals surface area contributed by atoms with Crippen molar-refractivity contribution in [1.82, 2.24) is 0 Å². The molecular formula is C50H72O16. The highest BCUT2D eigenvalue weighted by atomic mass is 16.8. The van der Waals surface area contributed by atoms with Gasteiger partial charge in [-0.1, -0.05) is 130 Å². The third-order valence-corrected chi connectivity index (χ3v) is 12.2. The van der Waals surface area contributed by atoms with Crippen LogP contribution in [-0.2, 0) is 76.7 Å². The summed E-state index contributed by atoms with van der Waals surface area (Å²) in [6.45, 7) is 3.19. The van der Waals surface area contributed by atoms with Crippen molar-refractivity contribution >= 4 is 0 Å². The largest absolute Gasteiger partial charge is 0.387 e. The fourth-order valence-corrected chi connectivity index (χ4v) is 8.58. The number of ether oxygens (including phenoxy) is 12. The van der Waals surface area contributed by atoms with Gasteiger partial charge in [0.1, 0.15) is 73.2 Å². The minimum Gasteiger partial charge on any atom is -0.387 e. The van der Waals surface area contributed by atoms with E-state index in [-0.39, 0.29) is 39.6 Å². The summed E-state index contributed by atoms with van der Waals surface area (Å²) in [7, 11) is 4.23. The van der Waals surface area contributed by atoms with Gasteiger partial charge in [0.15, 0.2) is 18.9 Å². The molecule has 3 fully saturated rings. The smallest absolute Gasteiger partial charge is 0.187 e. The molecule has 16 heteroatoms. The first-order chi connectivity index (χ1) is 32.3. The first-order valence-corrected chi connectivity index (χ1v) is 23.3. The maximum atomic E-state index is 12.2. The molecule has 368 valence electrons. The molecular weight excluding hydrogens is 857 g/mol. The molecule has 0 unspecified atom stereocenters. The maximum absolute atomic E-state index is 12.2. The van der Waals surface area contributed by atoms with E-state index in [1.54, 1.807) is 0 Å². The molecule has 3 heterocycles. The van der Waals surface area contributed by atoms with Gasteiger partial charge in [0.2, 0.25) is 0 Å². The molecule has 3 aromatic carbocycles. The molecule has 0 radical (unpaired) electrons. The molecule has 16 nitrogen and oxygen atoms in total. The zero-order valence-electron chi connectivity index (χ0n) is 38.7. The molecule has 0 aromatic heterocycles. The molecule has 3 aromatic rings. The van der Waals surface area contributed by atoms with Gasteiger partial charge in [0, 0.05) is 27.9 Å². The third-order valence-electron chi connectivity index (χ3n) is 12.2. The number of aliphatic hydroxyl groups excluding tert-OH is 4. The van der Waals surface area contributed by atoms with Crippen LogP contribution in [0.2, 0.25) is 0 Å². The van der Waals surface area contributed by atoms with E-state index in [2.05, 4.69) is 6.92 Å². The Morgan fingerprint density at radius 3 is 1.39 bits per heavy atom. The van der Waals surface area contributed by atoms with Crippen LogP contribution < -0.4 is 0 Å². The van der Waals surface area contributed by atoms with Crippen molar-refractivity contribution in [1.29, 1.82) is 0 Å². The Bertz CT molecular complexity index is 1730. The highest BCUT2D eigenvalue weighted by molar-refractivity contribution is 5.15. The third kappa shape index (κ3) is 14.8. The van der Waals surface area contributed by atoms with Crippen LogP contribution >= 0.6 is 0 Å². The summed E-state index contributed by atoms with van der Waals surface area (Å²) in [5.74, 6) is 0. The SMILES string of the molecule is CCCCCCCCO[C@H]1O[C@H](COCc2ccccc2)[C@@H](O[C@H]2O[C@H](COCc3ccccc3)[C@@H](O[C@H]3O[C@H](COCc4ccccc4)[C@@H](O)[C@H](OC)[C@@H]3O)[C@H](O)[C@@H]2OC)[C@H](OC)[C@@H]1O. The zero-order chi connectivity index (χ0) is 46.7. The zero-order valence-corrected chi connectivity index (χ0v) is 38.7. The second-order valence-electron chi connectivity index (χ2n) is 17.0. The molecule has 15 atom stereocenters. The van der Waals surface area contributed by atoms with Crippen molar-refractivity contribution in [2.45, 2.75) is 157 Å². The van der Waals surface area contributed by atoms with E-state index in [0.717, 1.165) is 48.8 Å². The Hall–Kier alpha value is -2.98. The van der Waals surface area contributed by atoms with Crippen LogP contribution in [-0.4, -0.2) is 160 Å². The van der Waals surface area contributed by atoms with Crippen molar-refractivity contribution in [3.05, 3.63) is 108 Å². The van der Waals surface area contributed by atoms with E-state index >= 15 is 0 Å². The summed E-state index contributed by atoms with van der Waals surface area (Å²) < 4.78 is 74.2. The first-order valence-electron chi connectivity index (χ1n) is 23.3. The van der Waals surface area contributed by atoms with Crippen molar-refractivity contribution in [3.8, 4) is 0 Å². The van der Waals surface area contributed by atoms with Crippen LogP contribution in [0.25, 0.3) is 0 Å². The number of hydrogen-bond donors (Lipinski definition) is 4. The van der Waals surface area contributed by atoms with Crippen molar-refractivity contribution in [3.63, 3.8) is 0 Å². The number of aliphatic hydroxyl groups is 4. The molecule has 4 N–H and O–H groups in total. The minimum atomic E-state index is -1.49. The van der Waals surface area contributed by atoms with Crippen molar-refractivity contribution in [2.24, 2.45) is 0 Å². The van der Waals surface area contributed by atoms with Crippen LogP contribution in [0.3, 0.4) is 0 Å². The number of unbranched alkanes of at least 4 members (excludes halogenated alkanes) is 5. The normalized spacial score (nSPS) is 32.6. The Balaban J connectivity index is 1.20. The van der Waals surface area contributed by atoms with Gasteiger partial charge < -0.3 is 77.3 Å². The maximum Gasteiger partial charge on any atom is 0.187 e. The standard InChI is InChI=1S/C50H72O16/c1-5-6-7-8-9-19-26-61-48-42(54)46(56-3)44(38(63-48)32-60-29-35-24-17-12-18-25-35)66-50-47(57-4)40(52)43(37(64-50)31-59-28-34-22-15-11-16-23-34)65-49-41(53)45(55-2)39(51)36(62-49)30-58-27-33-20-13-10-14-21-33/h10-18,20-25,36-54H,5-9,19,26-32H2,1-4H3/t36-,37-,38-,39-,40+,41+,42+,43-,44-,45+,46-,47+,48+,49-,50-/m1/s1. The van der Waals surface area contributed by atoms with E-state index < -0.39 is 92.1 Å². The van der Waals surface area contributed by atoms with E-state index in [4.69, 9.17) is 56.8 Å². The van der Waals surface area contributed by atoms with E-state index in [0.29, 0.717) is 6.61 Å². The highest BCUT2D eigenvalue weighted by Crippen LogP contribution is 2.35. The van der Waals surface area contributed by atoms with Crippen molar-refractivity contribution < 1.29 is 77.3 Å². The summed E-state index contributed by atoms with van der Waals surface area (Å²) in [6, 6.07) is 28.8. The van der Waals surface area contributed by atoms with Gasteiger partial charge in [-0.15, -0.1) is 0 Å². The molecule has 0 bridgehead atoms. The van der Waals surface area contributed by atoms with E-state index in [1.807, 2.05) is 91.0 Å². The molecule has 66 heavy (non-hydrogen) atoms.